The number of pyridine rings is 1. The number of hydrogen-bond donors (Lipinski definition) is 2. The number of amides is 1. The zero-order valence-electron chi connectivity index (χ0n) is 15.0. The zero-order valence-corrected chi connectivity index (χ0v) is 15.9. The summed E-state index contributed by atoms with van der Waals surface area (Å²) in [5, 5.41) is 2.99. The van der Waals surface area contributed by atoms with E-state index in [1.54, 1.807) is 17.9 Å². The van der Waals surface area contributed by atoms with Gasteiger partial charge in [0.1, 0.15) is 5.00 Å². The molecular weight excluding hydrogens is 376 g/mol. The number of alkyl halides is 2. The Morgan fingerprint density at radius 2 is 2.30 bits per heavy atom. The molecule has 0 radical (unpaired) electrons. The van der Waals surface area contributed by atoms with Crippen LogP contribution >= 0.6 is 11.5 Å². The summed E-state index contributed by atoms with van der Waals surface area (Å²) >= 11 is 1.05. The Bertz CT molecular complexity index is 793. The maximum atomic E-state index is 14.2. The van der Waals surface area contributed by atoms with Gasteiger partial charge in [0.2, 0.25) is 5.88 Å². The minimum absolute atomic E-state index is 0.0931. The molecular formula is C17H21F2N5O2S. The van der Waals surface area contributed by atoms with Gasteiger partial charge in [0, 0.05) is 19.0 Å². The molecule has 1 amide bonds. The van der Waals surface area contributed by atoms with Gasteiger partial charge in [0.25, 0.3) is 11.8 Å². The van der Waals surface area contributed by atoms with Crippen molar-refractivity contribution in [3.8, 4) is 5.88 Å². The summed E-state index contributed by atoms with van der Waals surface area (Å²) < 4.78 is 37.8. The van der Waals surface area contributed by atoms with E-state index < -0.39 is 17.9 Å². The van der Waals surface area contributed by atoms with Crippen molar-refractivity contribution in [2.75, 3.05) is 30.7 Å². The number of hydrogen-bond acceptors (Lipinski definition) is 7. The first-order valence-electron chi connectivity index (χ1n) is 8.56. The molecule has 1 saturated heterocycles. The van der Waals surface area contributed by atoms with E-state index >= 15 is 0 Å². The Morgan fingerprint density at radius 3 is 2.85 bits per heavy atom. The van der Waals surface area contributed by atoms with Gasteiger partial charge in [0.05, 0.1) is 29.7 Å². The molecule has 27 heavy (non-hydrogen) atoms. The number of aromatic nitrogens is 2. The minimum atomic E-state index is -2.94. The molecule has 146 valence electrons. The van der Waals surface area contributed by atoms with E-state index in [-0.39, 0.29) is 18.8 Å². The van der Waals surface area contributed by atoms with Crippen LogP contribution in [0.1, 0.15) is 29.4 Å². The summed E-state index contributed by atoms with van der Waals surface area (Å²) in [4.78, 5) is 18.0. The van der Waals surface area contributed by atoms with Gasteiger partial charge in [-0.25, -0.2) is 13.8 Å². The van der Waals surface area contributed by atoms with Crippen molar-refractivity contribution in [3.05, 3.63) is 29.6 Å². The number of nitrogens with one attached hydrogen (secondary N) is 1. The average molecular weight is 397 g/mol. The normalized spacial score (nSPS) is 19.6. The molecule has 0 spiro atoms. The predicted molar refractivity (Wildman–Crippen MR) is 99.5 cm³/mol. The third-order valence-electron chi connectivity index (χ3n) is 4.43. The molecule has 1 unspecified atom stereocenters. The first kappa shape index (κ1) is 19.4. The summed E-state index contributed by atoms with van der Waals surface area (Å²) in [6, 6.07) is 3.00. The van der Waals surface area contributed by atoms with Crippen LogP contribution in [0, 0.1) is 6.92 Å². The molecule has 1 atom stereocenters. The van der Waals surface area contributed by atoms with E-state index in [2.05, 4.69) is 14.7 Å². The lowest BCUT2D eigenvalue weighted by atomic mass is 10.0. The molecule has 0 saturated carbocycles. The lowest BCUT2D eigenvalue weighted by Gasteiger charge is -2.37. The average Bonchev–Trinajstić information content (AvgIpc) is 2.96. The Kier molecular flexibility index (Phi) is 5.56. The fraction of sp³-hybridized carbons (Fsp3) is 0.471. The second-order valence-electron chi connectivity index (χ2n) is 6.37. The summed E-state index contributed by atoms with van der Waals surface area (Å²) in [5.74, 6) is -3.24. The van der Waals surface area contributed by atoms with Crippen LogP contribution in [0.3, 0.4) is 0 Å². The molecule has 3 N–H and O–H groups in total. The monoisotopic (exact) mass is 397 g/mol. The molecule has 7 nitrogen and oxygen atoms in total. The maximum Gasteiger partial charge on any atom is 0.296 e. The highest BCUT2D eigenvalue weighted by Gasteiger charge is 2.46. The first-order valence-corrected chi connectivity index (χ1v) is 9.33. The van der Waals surface area contributed by atoms with Crippen LogP contribution in [-0.4, -0.2) is 51.8 Å². The van der Waals surface area contributed by atoms with E-state index in [0.717, 1.165) is 11.5 Å². The number of anilines is 2. The number of rotatable bonds is 5. The van der Waals surface area contributed by atoms with E-state index in [9.17, 15) is 13.6 Å². The fourth-order valence-corrected chi connectivity index (χ4v) is 3.59. The molecule has 2 aromatic rings. The summed E-state index contributed by atoms with van der Waals surface area (Å²) in [6.45, 7) is 4.37. The number of carbonyl (C=O) groups excluding carboxylic acids is 1. The number of nitrogen functional groups attached to an aromatic ring is 1. The highest BCUT2D eigenvalue weighted by atomic mass is 32.1. The van der Waals surface area contributed by atoms with Gasteiger partial charge in [0.15, 0.2) is 6.10 Å². The second kappa shape index (κ2) is 7.73. The van der Waals surface area contributed by atoms with Gasteiger partial charge >= 0.3 is 0 Å². The first-order chi connectivity index (χ1) is 12.8. The zero-order chi connectivity index (χ0) is 19.6. The Balaban J connectivity index is 1.63. The van der Waals surface area contributed by atoms with Crippen LogP contribution in [0.25, 0.3) is 0 Å². The van der Waals surface area contributed by atoms with Gasteiger partial charge < -0.3 is 15.8 Å². The Labute approximate surface area is 159 Å². The fourth-order valence-electron chi connectivity index (χ4n) is 2.93. The van der Waals surface area contributed by atoms with Crippen molar-refractivity contribution in [2.45, 2.75) is 32.3 Å². The van der Waals surface area contributed by atoms with Crippen LogP contribution < -0.4 is 15.8 Å². The number of carbonyl (C=O) groups is 1. The highest BCUT2D eigenvalue weighted by Crippen LogP contribution is 2.30. The standard InChI is InChI=1S/C17H21F2N5O2S/c1-3-24-7-6-12(17(18,19)9-24)26-13-5-4-11(8-21-13)22-16(25)14-10(2)23-27-15(14)20/h4-5,8,12H,3,6-7,9,20H2,1-2H3,(H,22,25). The number of likely N-dealkylation sites (tertiary alicyclic amines) is 1. The van der Waals surface area contributed by atoms with Crippen LogP contribution in [0.4, 0.5) is 19.5 Å². The lowest BCUT2D eigenvalue weighted by molar-refractivity contribution is -0.139. The highest BCUT2D eigenvalue weighted by molar-refractivity contribution is 7.10. The number of nitrogens with two attached hydrogens (primary N) is 1. The van der Waals surface area contributed by atoms with Crippen molar-refractivity contribution < 1.29 is 18.3 Å². The van der Waals surface area contributed by atoms with Crippen LogP contribution in [-0.2, 0) is 0 Å². The topological polar surface area (TPSA) is 93.4 Å². The van der Waals surface area contributed by atoms with Gasteiger partial charge in [-0.05, 0) is 31.1 Å². The summed E-state index contributed by atoms with van der Waals surface area (Å²) in [5.41, 5.74) is 7.03. The second-order valence-corrected chi connectivity index (χ2v) is 7.18. The molecule has 3 rings (SSSR count). The minimum Gasteiger partial charge on any atom is -0.468 e. The van der Waals surface area contributed by atoms with Crippen LogP contribution in [0.2, 0.25) is 0 Å². The molecule has 0 aliphatic carbocycles. The molecule has 3 heterocycles. The van der Waals surface area contributed by atoms with Crippen molar-refractivity contribution in [1.82, 2.24) is 14.3 Å². The number of halogens is 2. The van der Waals surface area contributed by atoms with Crippen LogP contribution in [0.5, 0.6) is 5.88 Å². The Morgan fingerprint density at radius 1 is 1.52 bits per heavy atom. The molecule has 10 heteroatoms. The lowest BCUT2D eigenvalue weighted by Crippen LogP contribution is -2.53. The SMILES string of the molecule is CCN1CCC(Oc2ccc(NC(=O)c3c(C)nsc3N)cn2)C(F)(F)C1. The third-order valence-corrected chi connectivity index (χ3v) is 5.20. The van der Waals surface area contributed by atoms with Gasteiger partial charge in [-0.3, -0.25) is 9.69 Å². The van der Waals surface area contributed by atoms with E-state index in [1.807, 2.05) is 6.92 Å². The molecule has 0 bridgehead atoms. The maximum absolute atomic E-state index is 14.2. The Hall–Kier alpha value is -2.33. The largest absolute Gasteiger partial charge is 0.468 e. The number of nitrogens with zero attached hydrogens (tertiary/aromatic N) is 3. The van der Waals surface area contributed by atoms with Gasteiger partial charge in [-0.1, -0.05) is 6.92 Å². The molecule has 2 aromatic heterocycles. The summed E-state index contributed by atoms with van der Waals surface area (Å²) in [6.07, 6.45) is 0.371. The summed E-state index contributed by atoms with van der Waals surface area (Å²) in [7, 11) is 0. The van der Waals surface area contributed by atoms with Crippen molar-refractivity contribution >= 4 is 28.1 Å². The number of ether oxygens (including phenoxy) is 1. The van der Waals surface area contributed by atoms with Crippen molar-refractivity contribution in [1.29, 1.82) is 0 Å². The molecule has 1 fully saturated rings. The third kappa shape index (κ3) is 4.33. The van der Waals surface area contributed by atoms with E-state index in [4.69, 9.17) is 10.5 Å². The van der Waals surface area contributed by atoms with Crippen molar-refractivity contribution in [2.24, 2.45) is 0 Å². The predicted octanol–water partition coefficient (Wildman–Crippen LogP) is 2.79. The molecule has 1 aliphatic rings. The van der Waals surface area contributed by atoms with Gasteiger partial charge in [-0.15, -0.1) is 0 Å². The van der Waals surface area contributed by atoms with E-state index in [1.165, 1.54) is 12.3 Å². The molecule has 0 aromatic carbocycles. The van der Waals surface area contributed by atoms with Crippen molar-refractivity contribution in [3.63, 3.8) is 0 Å². The van der Waals surface area contributed by atoms with Gasteiger partial charge in [-0.2, -0.15) is 4.37 Å². The smallest absolute Gasteiger partial charge is 0.296 e. The van der Waals surface area contributed by atoms with Crippen LogP contribution in [0.15, 0.2) is 18.3 Å². The quantitative estimate of drug-likeness (QED) is 0.806. The van der Waals surface area contributed by atoms with E-state index in [0.29, 0.717) is 35.0 Å². The number of piperidine rings is 1. The molecule has 1 aliphatic heterocycles. The number of aryl methyl sites for hydroxylation is 1.